The average molecular weight is 424 g/mol. The van der Waals surface area contributed by atoms with Gasteiger partial charge in [0.15, 0.2) is 0 Å². The molecular weight excluding hydrogens is 396 g/mol. The summed E-state index contributed by atoms with van der Waals surface area (Å²) in [6, 6.07) is 18.4. The Balaban J connectivity index is 1.43. The van der Waals surface area contributed by atoms with Gasteiger partial charge in [0.05, 0.1) is 25.3 Å². The molecule has 0 bridgehead atoms. The summed E-state index contributed by atoms with van der Waals surface area (Å²) in [5, 5.41) is 10.2. The highest BCUT2D eigenvalue weighted by atomic mass is 16.6. The van der Waals surface area contributed by atoms with Crippen LogP contribution in [-0.4, -0.2) is 64.8 Å². The number of nitrogens with zero attached hydrogens (tertiary/aromatic N) is 2. The summed E-state index contributed by atoms with van der Waals surface area (Å²) in [6.07, 6.45) is -1.48. The van der Waals surface area contributed by atoms with Gasteiger partial charge in [0.2, 0.25) is 5.91 Å². The van der Waals surface area contributed by atoms with Crippen molar-refractivity contribution in [2.75, 3.05) is 19.6 Å². The number of morpholine rings is 1. The quantitative estimate of drug-likeness (QED) is 0.817. The molecule has 2 heterocycles. The summed E-state index contributed by atoms with van der Waals surface area (Å²) >= 11 is 0. The fraction of sp³-hybridized carbons (Fsp3) is 0.417. The lowest BCUT2D eigenvalue weighted by Gasteiger charge is -2.39. The molecule has 0 aliphatic carbocycles. The number of carbonyl (C=O) groups is 2. The van der Waals surface area contributed by atoms with Crippen LogP contribution in [0.2, 0.25) is 0 Å². The summed E-state index contributed by atoms with van der Waals surface area (Å²) in [4.78, 5) is 29.2. The second kappa shape index (κ2) is 9.49. The molecule has 164 valence electrons. The minimum absolute atomic E-state index is 0.0893. The third kappa shape index (κ3) is 5.06. The number of amides is 2. The topological polar surface area (TPSA) is 79.3 Å². The van der Waals surface area contributed by atoms with Gasteiger partial charge in [-0.1, -0.05) is 60.7 Å². The van der Waals surface area contributed by atoms with E-state index in [-0.39, 0.29) is 37.7 Å². The number of rotatable bonds is 4. The van der Waals surface area contributed by atoms with Gasteiger partial charge in [-0.3, -0.25) is 9.69 Å². The monoisotopic (exact) mass is 424 g/mol. The van der Waals surface area contributed by atoms with Crippen molar-refractivity contribution in [2.24, 2.45) is 0 Å². The Hall–Kier alpha value is -2.90. The van der Waals surface area contributed by atoms with Crippen molar-refractivity contribution in [3.05, 3.63) is 71.8 Å². The van der Waals surface area contributed by atoms with E-state index in [2.05, 4.69) is 0 Å². The van der Waals surface area contributed by atoms with Gasteiger partial charge in [-0.05, 0) is 18.1 Å². The Bertz CT molecular complexity index is 891. The predicted octanol–water partition coefficient (Wildman–Crippen LogP) is 2.75. The van der Waals surface area contributed by atoms with Gasteiger partial charge in [-0.15, -0.1) is 0 Å². The maximum absolute atomic E-state index is 13.4. The number of aliphatic hydroxyl groups excluding tert-OH is 1. The lowest BCUT2D eigenvalue weighted by Crippen LogP contribution is -2.53. The number of carbonyl (C=O) groups excluding carboxylic acids is 2. The first-order valence-corrected chi connectivity index (χ1v) is 10.7. The molecule has 2 aromatic carbocycles. The average Bonchev–Trinajstić information content (AvgIpc) is 3.19. The first-order chi connectivity index (χ1) is 15.0. The van der Waals surface area contributed by atoms with Crippen molar-refractivity contribution in [1.29, 1.82) is 0 Å². The highest BCUT2D eigenvalue weighted by Crippen LogP contribution is 2.28. The molecule has 2 aliphatic heterocycles. The molecule has 2 fully saturated rings. The van der Waals surface area contributed by atoms with Gasteiger partial charge in [0, 0.05) is 13.0 Å². The number of likely N-dealkylation sites (tertiary alicyclic amines) is 1. The minimum atomic E-state index is -0.749. The van der Waals surface area contributed by atoms with E-state index in [9.17, 15) is 14.7 Å². The highest BCUT2D eigenvalue weighted by molar-refractivity contribution is 5.86. The smallest absolute Gasteiger partial charge is 0.410 e. The number of β-amino-alcohol motifs (C(OH)–C–C–N with tert-alkyl or cyclic N) is 1. The van der Waals surface area contributed by atoms with Crippen molar-refractivity contribution >= 4 is 12.0 Å². The zero-order valence-electron chi connectivity index (χ0n) is 17.6. The van der Waals surface area contributed by atoms with Gasteiger partial charge in [-0.25, -0.2) is 4.79 Å². The van der Waals surface area contributed by atoms with Gasteiger partial charge in [0.25, 0.3) is 0 Å². The summed E-state index contributed by atoms with van der Waals surface area (Å²) in [7, 11) is 0. The van der Waals surface area contributed by atoms with E-state index < -0.39 is 18.2 Å². The Kier molecular flexibility index (Phi) is 6.53. The van der Waals surface area contributed by atoms with Crippen LogP contribution in [0.25, 0.3) is 0 Å². The van der Waals surface area contributed by atoms with E-state index in [1.54, 1.807) is 4.90 Å². The molecule has 4 atom stereocenters. The third-order valence-corrected chi connectivity index (χ3v) is 5.75. The maximum Gasteiger partial charge on any atom is 0.410 e. The molecule has 0 saturated carbocycles. The molecule has 0 radical (unpaired) electrons. The Morgan fingerprint density at radius 3 is 2.42 bits per heavy atom. The van der Waals surface area contributed by atoms with Gasteiger partial charge < -0.3 is 19.5 Å². The summed E-state index contributed by atoms with van der Waals surface area (Å²) in [6.45, 7) is 3.00. The molecule has 0 unspecified atom stereocenters. The molecule has 4 rings (SSSR count). The molecular formula is C24H28N2O5. The first kappa shape index (κ1) is 21.3. The lowest BCUT2D eigenvalue weighted by molar-refractivity contribution is -0.149. The SMILES string of the molecule is C[C@H]1CN(C(=O)[C@@H]2C[C@@H](O)CN2C(=O)OCc2ccccc2)C[C@@H](c2ccccc2)O1. The Labute approximate surface area is 182 Å². The fourth-order valence-electron chi connectivity index (χ4n) is 4.25. The van der Waals surface area contributed by atoms with E-state index in [1.165, 1.54) is 4.90 Å². The number of hydrogen-bond acceptors (Lipinski definition) is 5. The molecule has 2 aliphatic rings. The van der Waals surface area contributed by atoms with Crippen molar-refractivity contribution < 1.29 is 24.2 Å². The second-order valence-electron chi connectivity index (χ2n) is 8.19. The van der Waals surface area contributed by atoms with Gasteiger partial charge in [0.1, 0.15) is 18.8 Å². The van der Waals surface area contributed by atoms with Crippen LogP contribution in [-0.2, 0) is 20.9 Å². The zero-order valence-corrected chi connectivity index (χ0v) is 17.6. The lowest BCUT2D eigenvalue weighted by atomic mass is 10.1. The van der Waals surface area contributed by atoms with E-state index in [1.807, 2.05) is 67.6 Å². The van der Waals surface area contributed by atoms with Crippen LogP contribution in [0.1, 0.15) is 30.6 Å². The summed E-state index contributed by atoms with van der Waals surface area (Å²) in [5.41, 5.74) is 1.88. The van der Waals surface area contributed by atoms with Gasteiger partial charge >= 0.3 is 6.09 Å². The van der Waals surface area contributed by atoms with E-state index in [4.69, 9.17) is 9.47 Å². The number of benzene rings is 2. The molecule has 2 amide bonds. The fourth-order valence-corrected chi connectivity index (χ4v) is 4.25. The molecule has 7 nitrogen and oxygen atoms in total. The summed E-state index contributed by atoms with van der Waals surface area (Å²) < 4.78 is 11.5. The number of aliphatic hydroxyl groups is 1. The highest BCUT2D eigenvalue weighted by Gasteiger charge is 2.43. The molecule has 2 aromatic rings. The summed E-state index contributed by atoms with van der Waals surface area (Å²) in [5.74, 6) is -0.177. The van der Waals surface area contributed by atoms with Crippen LogP contribution in [0.5, 0.6) is 0 Å². The molecule has 1 N–H and O–H groups in total. The standard InChI is InChI=1S/C24H28N2O5/c1-17-13-25(15-22(31-17)19-10-6-3-7-11-19)23(28)21-12-20(27)14-26(21)24(29)30-16-18-8-4-2-5-9-18/h2-11,17,20-22,27H,12-16H2,1H3/t17-,20+,21-,22-/m0/s1. The van der Waals surface area contributed by atoms with Crippen molar-refractivity contribution in [3.63, 3.8) is 0 Å². The molecule has 31 heavy (non-hydrogen) atoms. The molecule has 0 spiro atoms. The van der Waals surface area contributed by atoms with Crippen molar-refractivity contribution in [3.8, 4) is 0 Å². The molecule has 2 saturated heterocycles. The van der Waals surface area contributed by atoms with Crippen molar-refractivity contribution in [2.45, 2.75) is 44.3 Å². The van der Waals surface area contributed by atoms with E-state index in [0.29, 0.717) is 13.1 Å². The van der Waals surface area contributed by atoms with E-state index in [0.717, 1.165) is 11.1 Å². The second-order valence-corrected chi connectivity index (χ2v) is 8.19. The van der Waals surface area contributed by atoms with Crippen LogP contribution in [0, 0.1) is 0 Å². The Morgan fingerprint density at radius 1 is 1.03 bits per heavy atom. The van der Waals surface area contributed by atoms with Crippen LogP contribution in [0.15, 0.2) is 60.7 Å². The zero-order chi connectivity index (χ0) is 21.8. The maximum atomic E-state index is 13.4. The van der Waals surface area contributed by atoms with Crippen LogP contribution in [0.3, 0.4) is 0 Å². The van der Waals surface area contributed by atoms with E-state index >= 15 is 0 Å². The third-order valence-electron chi connectivity index (χ3n) is 5.75. The van der Waals surface area contributed by atoms with Crippen LogP contribution in [0.4, 0.5) is 4.79 Å². The van der Waals surface area contributed by atoms with Crippen LogP contribution < -0.4 is 0 Å². The van der Waals surface area contributed by atoms with Gasteiger partial charge in [-0.2, -0.15) is 0 Å². The number of hydrogen-bond donors (Lipinski definition) is 1. The minimum Gasteiger partial charge on any atom is -0.445 e. The first-order valence-electron chi connectivity index (χ1n) is 10.7. The molecule has 0 aromatic heterocycles. The number of ether oxygens (including phenoxy) is 2. The van der Waals surface area contributed by atoms with Crippen molar-refractivity contribution in [1.82, 2.24) is 9.80 Å². The predicted molar refractivity (Wildman–Crippen MR) is 114 cm³/mol. The normalized spacial score (nSPS) is 26.0. The molecule has 7 heteroatoms. The largest absolute Gasteiger partial charge is 0.445 e. The van der Waals surface area contributed by atoms with Crippen LogP contribution >= 0.6 is 0 Å². The Morgan fingerprint density at radius 2 is 1.71 bits per heavy atom.